The van der Waals surface area contributed by atoms with Crippen LogP contribution in [0.3, 0.4) is 0 Å². The van der Waals surface area contributed by atoms with Gasteiger partial charge in [-0.05, 0) is 66.2 Å². The van der Waals surface area contributed by atoms with Crippen LogP contribution in [0.4, 0.5) is 5.69 Å². The highest BCUT2D eigenvalue weighted by molar-refractivity contribution is 6.31. The van der Waals surface area contributed by atoms with Crippen molar-refractivity contribution in [3.8, 4) is 0 Å². The van der Waals surface area contributed by atoms with Crippen LogP contribution in [0.2, 0.25) is 10.0 Å². The summed E-state index contributed by atoms with van der Waals surface area (Å²) in [5.74, 6) is -1.93. The van der Waals surface area contributed by atoms with Gasteiger partial charge in [0.1, 0.15) is 5.58 Å². The molecule has 1 aliphatic rings. The van der Waals surface area contributed by atoms with E-state index in [1.807, 2.05) is 0 Å². The third kappa shape index (κ3) is 3.34. The van der Waals surface area contributed by atoms with Gasteiger partial charge in [-0.15, -0.1) is 0 Å². The van der Waals surface area contributed by atoms with Crippen LogP contribution < -0.4 is 4.90 Å². The van der Waals surface area contributed by atoms with Crippen molar-refractivity contribution in [1.82, 2.24) is 4.98 Å². The number of hydrogen-bond acceptors (Lipinski definition) is 5. The Morgan fingerprint density at radius 1 is 0.969 bits per heavy atom. The number of halogens is 2. The summed E-state index contributed by atoms with van der Waals surface area (Å²) in [5.41, 5.74) is 1.47. The minimum absolute atomic E-state index is 0.00590. The summed E-state index contributed by atoms with van der Waals surface area (Å²) in [7, 11) is 0. The number of hydrogen-bond donors (Lipinski definition) is 1. The van der Waals surface area contributed by atoms with Gasteiger partial charge in [0.25, 0.3) is 5.91 Å². The first-order chi connectivity index (χ1) is 15.4. The van der Waals surface area contributed by atoms with Crippen LogP contribution in [0.15, 0.2) is 88.8 Å². The van der Waals surface area contributed by atoms with E-state index in [1.165, 1.54) is 4.90 Å². The minimum atomic E-state index is -0.879. The normalized spacial score (nSPS) is 16.2. The first kappa shape index (κ1) is 20.3. The molecule has 8 heteroatoms. The average Bonchev–Trinajstić information content (AvgIpc) is 3.33. The number of carbonyl (C=O) groups is 2. The van der Waals surface area contributed by atoms with Gasteiger partial charge >= 0.3 is 0 Å². The summed E-state index contributed by atoms with van der Waals surface area (Å²) in [6.45, 7) is 0. The van der Waals surface area contributed by atoms with Crippen molar-refractivity contribution in [2.45, 2.75) is 6.04 Å². The maximum Gasteiger partial charge on any atom is 0.294 e. The second kappa shape index (κ2) is 7.82. The van der Waals surface area contributed by atoms with Crippen LogP contribution in [-0.4, -0.2) is 21.8 Å². The summed E-state index contributed by atoms with van der Waals surface area (Å²) in [6.07, 6.45) is 3.11. The molecule has 6 nitrogen and oxygen atoms in total. The lowest BCUT2D eigenvalue weighted by Gasteiger charge is -2.26. The monoisotopic (exact) mass is 464 g/mol. The smallest absolute Gasteiger partial charge is 0.294 e. The Morgan fingerprint density at radius 3 is 2.38 bits per heavy atom. The lowest BCUT2D eigenvalue weighted by atomic mass is 9.95. The summed E-state index contributed by atoms with van der Waals surface area (Å²) in [4.78, 5) is 32.0. The van der Waals surface area contributed by atoms with E-state index in [2.05, 4.69) is 4.98 Å². The van der Waals surface area contributed by atoms with Crippen LogP contribution in [0, 0.1) is 0 Å². The highest BCUT2D eigenvalue weighted by Crippen LogP contribution is 2.42. The Balaban J connectivity index is 1.65. The van der Waals surface area contributed by atoms with Crippen LogP contribution in [0.5, 0.6) is 0 Å². The predicted octanol–water partition coefficient (Wildman–Crippen LogP) is 5.92. The van der Waals surface area contributed by atoms with E-state index in [0.29, 0.717) is 32.3 Å². The number of anilines is 1. The summed E-state index contributed by atoms with van der Waals surface area (Å²) in [5, 5.41) is 12.4. The molecule has 2 aromatic carbocycles. The highest BCUT2D eigenvalue weighted by Gasteiger charge is 2.45. The molecule has 1 unspecified atom stereocenters. The zero-order valence-corrected chi connectivity index (χ0v) is 17.8. The minimum Gasteiger partial charge on any atom is -0.503 e. The number of furan rings is 1. The molecule has 4 aromatic rings. The van der Waals surface area contributed by atoms with Crippen LogP contribution in [0.1, 0.15) is 22.2 Å². The highest BCUT2D eigenvalue weighted by atomic mass is 35.5. The lowest BCUT2D eigenvalue weighted by molar-refractivity contribution is -0.117. The van der Waals surface area contributed by atoms with Gasteiger partial charge in [0, 0.05) is 33.5 Å². The van der Waals surface area contributed by atoms with E-state index in [1.54, 1.807) is 73.1 Å². The zero-order valence-electron chi connectivity index (χ0n) is 16.3. The van der Waals surface area contributed by atoms with Gasteiger partial charge in [-0.25, -0.2) is 0 Å². The Bertz CT molecular complexity index is 1390. The van der Waals surface area contributed by atoms with Crippen LogP contribution in [0.25, 0.3) is 11.0 Å². The molecule has 32 heavy (non-hydrogen) atoms. The summed E-state index contributed by atoms with van der Waals surface area (Å²) >= 11 is 12.0. The number of benzene rings is 2. The molecule has 158 valence electrons. The van der Waals surface area contributed by atoms with Crippen molar-refractivity contribution >= 4 is 51.5 Å². The summed E-state index contributed by atoms with van der Waals surface area (Å²) in [6, 6.07) is 15.6. The average molecular weight is 465 g/mol. The topological polar surface area (TPSA) is 83.6 Å². The van der Waals surface area contributed by atoms with E-state index in [9.17, 15) is 14.7 Å². The first-order valence-corrected chi connectivity index (χ1v) is 10.4. The third-order valence-electron chi connectivity index (χ3n) is 5.28. The molecule has 1 N–H and O–H groups in total. The number of ketones is 1. The van der Waals surface area contributed by atoms with Gasteiger partial charge in [0.2, 0.25) is 5.78 Å². The van der Waals surface area contributed by atoms with Gasteiger partial charge in [0.05, 0.1) is 11.6 Å². The van der Waals surface area contributed by atoms with Crippen molar-refractivity contribution in [3.05, 3.63) is 106 Å². The van der Waals surface area contributed by atoms with Crippen molar-refractivity contribution < 1.29 is 19.1 Å². The molecule has 2 aromatic heterocycles. The quantitative estimate of drug-likeness (QED) is 0.379. The van der Waals surface area contributed by atoms with Crippen molar-refractivity contribution in [2.24, 2.45) is 0 Å². The number of nitrogens with zero attached hydrogens (tertiary/aromatic N) is 2. The van der Waals surface area contributed by atoms with Crippen molar-refractivity contribution in [1.29, 1.82) is 0 Å². The van der Waals surface area contributed by atoms with Gasteiger partial charge in [-0.1, -0.05) is 23.2 Å². The van der Waals surface area contributed by atoms with E-state index >= 15 is 0 Å². The lowest BCUT2D eigenvalue weighted by Crippen LogP contribution is -2.31. The largest absolute Gasteiger partial charge is 0.503 e. The van der Waals surface area contributed by atoms with Gasteiger partial charge in [-0.3, -0.25) is 19.5 Å². The first-order valence-electron chi connectivity index (χ1n) is 9.60. The van der Waals surface area contributed by atoms with E-state index in [0.717, 1.165) is 0 Å². The molecule has 0 saturated heterocycles. The van der Waals surface area contributed by atoms with Gasteiger partial charge in [0.15, 0.2) is 11.5 Å². The number of pyridine rings is 1. The van der Waals surface area contributed by atoms with E-state index in [-0.39, 0.29) is 11.3 Å². The van der Waals surface area contributed by atoms with Crippen LogP contribution >= 0.6 is 23.2 Å². The molecule has 0 fully saturated rings. The molecule has 5 rings (SSSR count). The number of Topliss-reactive ketones (excluding diaryl/α,β-unsaturated/α-hetero) is 1. The molecule has 0 spiro atoms. The number of amides is 1. The molecular weight excluding hydrogens is 451 g/mol. The molecule has 0 bridgehead atoms. The SMILES string of the molecule is O=C(C1=C(O)C(=O)N(c2ccc(Cl)cc2)C1c1ccncc1)c1cc2cc(Cl)ccc2o1. The fourth-order valence-corrected chi connectivity index (χ4v) is 4.13. The molecule has 1 amide bonds. The Morgan fingerprint density at radius 2 is 1.66 bits per heavy atom. The second-order valence-electron chi connectivity index (χ2n) is 7.22. The molecular formula is C24H14Cl2N2O4. The third-order valence-corrected chi connectivity index (χ3v) is 5.77. The van der Waals surface area contributed by atoms with Crippen molar-refractivity contribution in [2.75, 3.05) is 4.90 Å². The molecule has 1 atom stereocenters. The predicted molar refractivity (Wildman–Crippen MR) is 121 cm³/mol. The standard InChI is InChI=1S/C24H14Cl2N2O4/c25-15-1-4-17(5-2-15)28-21(13-7-9-27-10-8-13)20(23(30)24(28)31)22(29)19-12-14-11-16(26)3-6-18(14)32-19/h1-12,21,30H. The number of rotatable bonds is 4. The van der Waals surface area contributed by atoms with Gasteiger partial charge < -0.3 is 9.52 Å². The molecule has 0 aliphatic carbocycles. The Labute approximate surface area is 192 Å². The Hall–Kier alpha value is -3.61. The number of aliphatic hydroxyl groups excluding tert-OH is 1. The van der Waals surface area contributed by atoms with Crippen LogP contribution in [-0.2, 0) is 4.79 Å². The maximum atomic E-state index is 13.5. The number of carbonyl (C=O) groups excluding carboxylic acids is 2. The fourth-order valence-electron chi connectivity index (χ4n) is 3.83. The number of fused-ring (bicyclic) bond motifs is 1. The van der Waals surface area contributed by atoms with Crippen molar-refractivity contribution in [3.63, 3.8) is 0 Å². The number of aromatic nitrogens is 1. The second-order valence-corrected chi connectivity index (χ2v) is 8.09. The molecule has 0 radical (unpaired) electrons. The zero-order chi connectivity index (χ0) is 22.4. The maximum absolute atomic E-state index is 13.5. The van der Waals surface area contributed by atoms with E-state index < -0.39 is 23.5 Å². The molecule has 1 aliphatic heterocycles. The fraction of sp³-hybridized carbons (Fsp3) is 0.0417. The Kier molecular flexibility index (Phi) is 4.96. The molecule has 0 saturated carbocycles. The van der Waals surface area contributed by atoms with Gasteiger partial charge in [-0.2, -0.15) is 0 Å². The molecule has 3 heterocycles. The van der Waals surface area contributed by atoms with E-state index in [4.69, 9.17) is 27.6 Å². The number of aliphatic hydroxyl groups is 1. The summed E-state index contributed by atoms with van der Waals surface area (Å²) < 4.78 is 5.71.